The summed E-state index contributed by atoms with van der Waals surface area (Å²) < 4.78 is 12.8. The molecule has 1 amide bonds. The summed E-state index contributed by atoms with van der Waals surface area (Å²) in [5, 5.41) is 10.1. The van der Waals surface area contributed by atoms with Crippen LogP contribution in [0.1, 0.15) is 29.3 Å². The third-order valence-electron chi connectivity index (χ3n) is 5.53. The summed E-state index contributed by atoms with van der Waals surface area (Å²) in [5.41, 5.74) is 1.67. The number of nitrogens with one attached hydrogen (secondary N) is 1. The number of rotatable bonds is 1. The number of benzene rings is 2. The van der Waals surface area contributed by atoms with Gasteiger partial charge in [-0.15, -0.1) is 0 Å². The van der Waals surface area contributed by atoms with E-state index in [1.54, 1.807) is 17.3 Å². The SMILES string of the molecule is O=C1Nc2ccc(Br)cc2C12Oc1ccc(Cl)cc1C1CC(c3ccco3)=NN12. The standard InChI is InChI=1S/C21H13BrClN3O3/c22-11-3-5-15-14(8-11)21(20(27)24-15)26-17(10-16(25-26)19-2-1-7-28-19)13-9-12(23)4-6-18(13)29-21/h1-9,17H,10H2,(H,24,27). The van der Waals surface area contributed by atoms with E-state index >= 15 is 0 Å². The predicted molar refractivity (Wildman–Crippen MR) is 111 cm³/mol. The van der Waals surface area contributed by atoms with Crippen molar-refractivity contribution in [3.8, 4) is 5.75 Å². The number of anilines is 1. The number of carbonyl (C=O) groups is 1. The van der Waals surface area contributed by atoms with Gasteiger partial charge in [-0.25, -0.2) is 5.01 Å². The number of hydrogen-bond donors (Lipinski definition) is 1. The predicted octanol–water partition coefficient (Wildman–Crippen LogP) is 5.04. The smallest absolute Gasteiger partial charge is 0.306 e. The van der Waals surface area contributed by atoms with Crippen LogP contribution in [0.5, 0.6) is 5.75 Å². The van der Waals surface area contributed by atoms with Crippen molar-refractivity contribution in [1.82, 2.24) is 5.01 Å². The lowest BCUT2D eigenvalue weighted by Crippen LogP contribution is -2.55. The maximum Gasteiger partial charge on any atom is 0.306 e. The van der Waals surface area contributed by atoms with Crippen molar-refractivity contribution in [2.75, 3.05) is 5.32 Å². The summed E-state index contributed by atoms with van der Waals surface area (Å²) in [7, 11) is 0. The summed E-state index contributed by atoms with van der Waals surface area (Å²) in [6.07, 6.45) is 2.18. The molecule has 4 heterocycles. The molecule has 1 N–H and O–H groups in total. The Balaban J connectivity index is 1.61. The summed E-state index contributed by atoms with van der Waals surface area (Å²) >= 11 is 9.78. The van der Waals surface area contributed by atoms with Crippen molar-refractivity contribution in [2.45, 2.75) is 18.2 Å². The Morgan fingerprint density at radius 1 is 1.24 bits per heavy atom. The van der Waals surface area contributed by atoms with Crippen LogP contribution >= 0.6 is 27.5 Å². The molecule has 1 spiro atoms. The van der Waals surface area contributed by atoms with Crippen LogP contribution in [0, 0.1) is 0 Å². The van der Waals surface area contributed by atoms with E-state index in [2.05, 4.69) is 21.2 Å². The van der Waals surface area contributed by atoms with E-state index in [1.807, 2.05) is 42.5 Å². The average Bonchev–Trinajstić information content (AvgIpc) is 3.42. The number of furan rings is 1. The zero-order chi connectivity index (χ0) is 19.8. The Hall–Kier alpha value is -2.77. The second kappa shape index (κ2) is 5.87. The number of carbonyl (C=O) groups excluding carboxylic acids is 1. The average molecular weight is 471 g/mol. The first-order valence-electron chi connectivity index (χ1n) is 9.07. The molecule has 0 fully saturated rings. The molecule has 8 heteroatoms. The Morgan fingerprint density at radius 3 is 2.97 bits per heavy atom. The molecule has 2 atom stereocenters. The molecule has 2 unspecified atom stereocenters. The first kappa shape index (κ1) is 17.1. The van der Waals surface area contributed by atoms with Crippen molar-refractivity contribution >= 4 is 44.8 Å². The van der Waals surface area contributed by atoms with Crippen LogP contribution in [-0.4, -0.2) is 16.6 Å². The number of halogens is 2. The van der Waals surface area contributed by atoms with Crippen LogP contribution in [0.3, 0.4) is 0 Å². The van der Waals surface area contributed by atoms with Crippen LogP contribution < -0.4 is 10.1 Å². The zero-order valence-corrected chi connectivity index (χ0v) is 17.2. The van der Waals surface area contributed by atoms with E-state index in [1.165, 1.54) is 0 Å². The van der Waals surface area contributed by atoms with Gasteiger partial charge in [0.25, 0.3) is 5.91 Å². The van der Waals surface area contributed by atoms with Crippen molar-refractivity contribution in [3.05, 3.63) is 81.2 Å². The minimum Gasteiger partial charge on any atom is -0.463 e. The third-order valence-corrected chi connectivity index (χ3v) is 6.26. The van der Waals surface area contributed by atoms with E-state index < -0.39 is 5.72 Å². The van der Waals surface area contributed by atoms with Crippen molar-refractivity contribution in [2.24, 2.45) is 5.10 Å². The van der Waals surface area contributed by atoms with Crippen LogP contribution in [-0.2, 0) is 10.5 Å². The van der Waals surface area contributed by atoms with E-state index in [0.29, 0.717) is 34.2 Å². The maximum absolute atomic E-state index is 13.3. The van der Waals surface area contributed by atoms with E-state index in [0.717, 1.165) is 15.7 Å². The third kappa shape index (κ3) is 2.28. The molecule has 3 aliphatic rings. The van der Waals surface area contributed by atoms with Gasteiger partial charge in [-0.3, -0.25) is 4.79 Å². The lowest BCUT2D eigenvalue weighted by Gasteiger charge is -2.44. The zero-order valence-electron chi connectivity index (χ0n) is 14.9. The van der Waals surface area contributed by atoms with Gasteiger partial charge in [0, 0.05) is 21.5 Å². The molecule has 0 saturated carbocycles. The van der Waals surface area contributed by atoms with Crippen molar-refractivity contribution < 1.29 is 13.9 Å². The molecule has 0 saturated heterocycles. The summed E-state index contributed by atoms with van der Waals surface area (Å²) in [4.78, 5) is 13.3. The molecule has 6 rings (SSSR count). The highest BCUT2D eigenvalue weighted by Gasteiger charge is 2.61. The number of fused-ring (bicyclic) bond motifs is 6. The monoisotopic (exact) mass is 469 g/mol. The van der Waals surface area contributed by atoms with Gasteiger partial charge in [0.05, 0.1) is 23.6 Å². The van der Waals surface area contributed by atoms with Crippen molar-refractivity contribution in [3.63, 3.8) is 0 Å². The fourth-order valence-corrected chi connectivity index (χ4v) is 4.82. The molecule has 0 radical (unpaired) electrons. The molecule has 2 aromatic carbocycles. The number of nitrogens with zero attached hydrogens (tertiary/aromatic N) is 2. The molecule has 6 nitrogen and oxygen atoms in total. The summed E-state index contributed by atoms with van der Waals surface area (Å²) in [6.45, 7) is 0. The lowest BCUT2D eigenvalue weighted by molar-refractivity contribution is -0.161. The first-order chi connectivity index (χ1) is 14.1. The molecule has 0 aliphatic carbocycles. The van der Waals surface area contributed by atoms with E-state index in [-0.39, 0.29) is 11.9 Å². The molecule has 144 valence electrons. The summed E-state index contributed by atoms with van der Waals surface area (Å²) in [6, 6.07) is 14.6. The molecule has 3 aliphatic heterocycles. The second-order valence-electron chi connectivity index (χ2n) is 7.16. The minimum atomic E-state index is -1.40. The largest absolute Gasteiger partial charge is 0.463 e. The van der Waals surface area contributed by atoms with Gasteiger partial charge in [0.15, 0.2) is 0 Å². The van der Waals surface area contributed by atoms with Gasteiger partial charge in [-0.05, 0) is 48.5 Å². The Bertz CT molecular complexity index is 1210. The van der Waals surface area contributed by atoms with E-state index in [4.69, 9.17) is 25.9 Å². The van der Waals surface area contributed by atoms with E-state index in [9.17, 15) is 4.79 Å². The maximum atomic E-state index is 13.3. The van der Waals surface area contributed by atoms with Crippen LogP contribution in [0.4, 0.5) is 5.69 Å². The normalized spacial score (nSPS) is 23.9. The number of hydrogen-bond acceptors (Lipinski definition) is 5. The van der Waals surface area contributed by atoms with Crippen LogP contribution in [0.15, 0.2) is 68.8 Å². The topological polar surface area (TPSA) is 67.1 Å². The van der Waals surface area contributed by atoms with Crippen LogP contribution in [0.2, 0.25) is 5.02 Å². The molecular weight excluding hydrogens is 458 g/mol. The molecule has 1 aromatic heterocycles. The lowest BCUT2D eigenvalue weighted by atomic mass is 9.93. The fourth-order valence-electron chi connectivity index (χ4n) is 4.28. The Kier molecular flexibility index (Phi) is 3.47. The van der Waals surface area contributed by atoms with Gasteiger partial charge < -0.3 is 14.5 Å². The molecular formula is C21H13BrClN3O3. The first-order valence-corrected chi connectivity index (χ1v) is 10.2. The number of amides is 1. The van der Waals surface area contributed by atoms with Gasteiger partial charge >= 0.3 is 5.72 Å². The second-order valence-corrected chi connectivity index (χ2v) is 8.51. The summed E-state index contributed by atoms with van der Waals surface area (Å²) in [5.74, 6) is 1.01. The van der Waals surface area contributed by atoms with Gasteiger partial charge in [0.2, 0.25) is 0 Å². The van der Waals surface area contributed by atoms with Gasteiger partial charge in [0.1, 0.15) is 17.2 Å². The van der Waals surface area contributed by atoms with Gasteiger partial charge in [-0.1, -0.05) is 27.5 Å². The van der Waals surface area contributed by atoms with Crippen LogP contribution in [0.25, 0.3) is 0 Å². The molecule has 0 bridgehead atoms. The minimum absolute atomic E-state index is 0.215. The fraction of sp³-hybridized carbons (Fsp3) is 0.143. The molecule has 3 aromatic rings. The highest BCUT2D eigenvalue weighted by Crippen LogP contribution is 2.54. The van der Waals surface area contributed by atoms with Crippen molar-refractivity contribution in [1.29, 1.82) is 0 Å². The van der Waals surface area contributed by atoms with Gasteiger partial charge in [-0.2, -0.15) is 5.10 Å². The quantitative estimate of drug-likeness (QED) is 0.541. The molecule has 29 heavy (non-hydrogen) atoms. The number of ether oxygens (including phenoxy) is 1. The highest BCUT2D eigenvalue weighted by atomic mass is 79.9. The Labute approximate surface area is 179 Å². The number of hydrazone groups is 1. The highest BCUT2D eigenvalue weighted by molar-refractivity contribution is 9.10. The Morgan fingerprint density at radius 2 is 2.14 bits per heavy atom.